The van der Waals surface area contributed by atoms with Crippen LogP contribution in [0.5, 0.6) is 0 Å². The van der Waals surface area contributed by atoms with Crippen molar-refractivity contribution in [3.05, 3.63) is 158 Å². The van der Waals surface area contributed by atoms with Crippen LogP contribution < -0.4 is 0 Å². The van der Waals surface area contributed by atoms with E-state index in [-0.39, 0.29) is 25.2 Å². The lowest BCUT2D eigenvalue weighted by Gasteiger charge is -2.15. The molecule has 5 heteroatoms. The van der Waals surface area contributed by atoms with Gasteiger partial charge >= 0.3 is 11.9 Å². The number of hydrogen-bond donors (Lipinski definition) is 1. The number of carbonyl (C=O) groups excluding carboxylic acids is 2. The molecule has 0 heterocycles. The average molecular weight is 1190 g/mol. The third-order valence-electron chi connectivity index (χ3n) is 15.3. The van der Waals surface area contributed by atoms with Gasteiger partial charge in [0.15, 0.2) is 6.10 Å². The summed E-state index contributed by atoms with van der Waals surface area (Å²) in [4.78, 5) is 24.7. The zero-order chi connectivity index (χ0) is 61.9. The predicted octanol–water partition coefficient (Wildman–Crippen LogP) is 25.4. The van der Waals surface area contributed by atoms with Crippen molar-refractivity contribution < 1.29 is 24.2 Å². The van der Waals surface area contributed by atoms with Crippen molar-refractivity contribution in [1.82, 2.24) is 0 Å². The van der Waals surface area contributed by atoms with Gasteiger partial charge in [0.1, 0.15) is 6.61 Å². The van der Waals surface area contributed by atoms with Gasteiger partial charge in [-0.2, -0.15) is 0 Å². The molecular weight excluding hydrogens is 1050 g/mol. The predicted molar refractivity (Wildman–Crippen MR) is 380 cm³/mol. The van der Waals surface area contributed by atoms with E-state index in [1.165, 1.54) is 173 Å². The van der Waals surface area contributed by atoms with Crippen LogP contribution in [0, 0.1) is 0 Å². The zero-order valence-electron chi connectivity index (χ0n) is 56.0. The molecule has 0 saturated heterocycles. The van der Waals surface area contributed by atoms with Crippen LogP contribution in [0.15, 0.2) is 158 Å². The van der Waals surface area contributed by atoms with Gasteiger partial charge in [-0.1, -0.05) is 339 Å². The molecule has 0 fully saturated rings. The Morgan fingerprint density at radius 2 is 0.500 bits per heavy atom. The third-order valence-corrected chi connectivity index (χ3v) is 15.3. The fourth-order valence-corrected chi connectivity index (χ4v) is 9.95. The molecule has 5 nitrogen and oxygen atoms in total. The first-order chi connectivity index (χ1) is 42.6. The second-order valence-electron chi connectivity index (χ2n) is 23.6. The van der Waals surface area contributed by atoms with Crippen molar-refractivity contribution in [1.29, 1.82) is 0 Å². The number of ether oxygens (including phenoxy) is 2. The first-order valence-electron chi connectivity index (χ1n) is 36.0. The molecule has 0 saturated carbocycles. The summed E-state index contributed by atoms with van der Waals surface area (Å²) in [5.74, 6) is -0.602. The average Bonchev–Trinajstić information content (AvgIpc) is 3.54. The number of aliphatic hydroxyl groups excluding tert-OH is 1. The van der Waals surface area contributed by atoms with Crippen LogP contribution in [0.1, 0.15) is 322 Å². The fourth-order valence-electron chi connectivity index (χ4n) is 9.95. The number of esters is 2. The molecule has 86 heavy (non-hydrogen) atoms. The first kappa shape index (κ1) is 81.5. The lowest BCUT2D eigenvalue weighted by Crippen LogP contribution is -2.28. The summed E-state index contributed by atoms with van der Waals surface area (Å²) < 4.78 is 10.8. The lowest BCUT2D eigenvalue weighted by molar-refractivity contribution is -0.161. The van der Waals surface area contributed by atoms with E-state index < -0.39 is 6.10 Å². The summed E-state index contributed by atoms with van der Waals surface area (Å²) in [6.45, 7) is 4.03. The van der Waals surface area contributed by atoms with E-state index in [0.29, 0.717) is 12.8 Å². The highest BCUT2D eigenvalue weighted by Crippen LogP contribution is 2.17. The van der Waals surface area contributed by atoms with Gasteiger partial charge in [0.05, 0.1) is 6.61 Å². The molecular formula is C81H134O5. The van der Waals surface area contributed by atoms with Gasteiger partial charge < -0.3 is 14.6 Å². The van der Waals surface area contributed by atoms with Crippen molar-refractivity contribution in [3.63, 3.8) is 0 Å². The van der Waals surface area contributed by atoms with Crippen LogP contribution in [0.3, 0.4) is 0 Å². The van der Waals surface area contributed by atoms with Gasteiger partial charge in [-0.05, 0) is 128 Å². The Morgan fingerprint density at radius 3 is 0.756 bits per heavy atom. The highest BCUT2D eigenvalue weighted by atomic mass is 16.6. The molecule has 0 bridgehead atoms. The molecule has 0 aromatic heterocycles. The number of rotatable bonds is 65. The molecule has 1 atom stereocenters. The molecule has 0 aliphatic rings. The Bertz CT molecular complexity index is 1830. The Hall–Kier alpha value is -4.48. The topological polar surface area (TPSA) is 72.8 Å². The Labute approximate surface area is 532 Å². The first-order valence-corrected chi connectivity index (χ1v) is 36.0. The molecule has 488 valence electrons. The summed E-state index contributed by atoms with van der Waals surface area (Å²) in [7, 11) is 0. The lowest BCUT2D eigenvalue weighted by atomic mass is 10.0. The van der Waals surface area contributed by atoms with E-state index in [4.69, 9.17) is 9.47 Å². The normalized spacial score (nSPS) is 13.2. The van der Waals surface area contributed by atoms with Gasteiger partial charge in [-0.3, -0.25) is 9.59 Å². The van der Waals surface area contributed by atoms with E-state index in [1.54, 1.807) is 0 Å². The Balaban J connectivity index is 3.56. The quantitative estimate of drug-likeness (QED) is 0.0373. The molecule has 0 spiro atoms. The minimum Gasteiger partial charge on any atom is -0.462 e. The van der Waals surface area contributed by atoms with Crippen molar-refractivity contribution in [3.8, 4) is 0 Å². The Morgan fingerprint density at radius 1 is 0.279 bits per heavy atom. The highest BCUT2D eigenvalue weighted by Gasteiger charge is 2.16. The van der Waals surface area contributed by atoms with Crippen LogP contribution in [-0.4, -0.2) is 36.4 Å². The smallest absolute Gasteiger partial charge is 0.306 e. The van der Waals surface area contributed by atoms with Crippen molar-refractivity contribution in [2.75, 3.05) is 13.2 Å². The fraction of sp³-hybridized carbons (Fsp3) is 0.654. The summed E-state index contributed by atoms with van der Waals surface area (Å²) in [5.41, 5.74) is 0. The minimum atomic E-state index is -0.789. The number of hydrogen-bond acceptors (Lipinski definition) is 5. The SMILES string of the molecule is CC/C=C\C/C=C\C/C=C\C/C=C\C/C=C\C/C=C\C/C=C\C/C=C\C/C=C\C/C=C\C/C=C\CCCCCCCCCC(=O)OC(CO)COC(=O)CCCCCCCCCCCCCCCCCCCCC/C=C\C/C=C\CCCCCCC. The number of aliphatic hydroxyl groups is 1. The van der Waals surface area contributed by atoms with E-state index in [0.717, 1.165) is 122 Å². The maximum Gasteiger partial charge on any atom is 0.306 e. The molecule has 1 unspecified atom stereocenters. The van der Waals surface area contributed by atoms with Gasteiger partial charge in [-0.25, -0.2) is 0 Å². The maximum atomic E-state index is 12.4. The van der Waals surface area contributed by atoms with E-state index >= 15 is 0 Å². The van der Waals surface area contributed by atoms with Gasteiger partial charge in [0.25, 0.3) is 0 Å². The third kappa shape index (κ3) is 72.0. The van der Waals surface area contributed by atoms with Crippen LogP contribution in [0.2, 0.25) is 0 Å². The summed E-state index contributed by atoms with van der Waals surface area (Å²) >= 11 is 0. The highest BCUT2D eigenvalue weighted by molar-refractivity contribution is 5.70. The molecule has 0 aromatic carbocycles. The van der Waals surface area contributed by atoms with Crippen molar-refractivity contribution >= 4 is 11.9 Å². The number of allylic oxidation sites excluding steroid dienone is 26. The van der Waals surface area contributed by atoms with E-state index in [1.807, 2.05) is 0 Å². The second kappa shape index (κ2) is 74.8. The van der Waals surface area contributed by atoms with Gasteiger partial charge in [0, 0.05) is 12.8 Å². The minimum absolute atomic E-state index is 0.0762. The largest absolute Gasteiger partial charge is 0.462 e. The standard InChI is InChI=1S/C81H134O5/c1-3-5-7-9-11-13-15-17-19-21-23-25-27-29-31-33-35-36-37-38-39-40-41-42-43-44-46-48-50-52-54-56-58-60-62-64-66-68-70-72-74-76-81(84)86-79(77-82)78-85-80(83)75-73-71-69-67-65-63-61-59-57-55-53-51-49-47-45-34-32-30-28-26-24-22-20-18-16-14-12-10-8-6-4-2/h5,7,11,13,16-19,22-25,29,31,35-36,38-39,41-42,44,46,50,52,56,58,79,82H,3-4,6,8-10,12,14-15,20-21,26-28,30,32-34,37,40,43,45,47-49,51,53-55,57,59-78H2,1-2H3/b7-5-,13-11-,18-16-,19-17-,24-22-,25-23-,31-29-,36-35-,39-38-,42-41-,46-44-,52-50-,58-56-. The molecule has 0 radical (unpaired) electrons. The molecule has 0 amide bonds. The summed E-state index contributed by atoms with van der Waals surface area (Å²) in [6, 6.07) is 0. The monoisotopic (exact) mass is 1190 g/mol. The van der Waals surface area contributed by atoms with Crippen LogP contribution >= 0.6 is 0 Å². The zero-order valence-corrected chi connectivity index (χ0v) is 56.0. The van der Waals surface area contributed by atoms with Crippen molar-refractivity contribution in [2.24, 2.45) is 0 Å². The molecule has 1 N–H and O–H groups in total. The molecule has 0 aliphatic carbocycles. The van der Waals surface area contributed by atoms with Gasteiger partial charge in [0.2, 0.25) is 0 Å². The van der Waals surface area contributed by atoms with Crippen LogP contribution in [-0.2, 0) is 19.1 Å². The summed E-state index contributed by atoms with van der Waals surface area (Å²) in [6.07, 6.45) is 114. The Kier molecular flexibility index (Phi) is 70.9. The van der Waals surface area contributed by atoms with Crippen molar-refractivity contribution in [2.45, 2.75) is 328 Å². The summed E-state index contributed by atoms with van der Waals surface area (Å²) in [5, 5.41) is 9.71. The van der Waals surface area contributed by atoms with Crippen LogP contribution in [0.4, 0.5) is 0 Å². The molecule has 0 rings (SSSR count). The maximum absolute atomic E-state index is 12.4. The van der Waals surface area contributed by atoms with Crippen LogP contribution in [0.25, 0.3) is 0 Å². The second-order valence-corrected chi connectivity index (χ2v) is 23.6. The number of carbonyl (C=O) groups is 2. The van der Waals surface area contributed by atoms with E-state index in [9.17, 15) is 14.7 Å². The van der Waals surface area contributed by atoms with Gasteiger partial charge in [-0.15, -0.1) is 0 Å². The molecule has 0 aromatic rings. The molecule has 0 aliphatic heterocycles. The number of unbranched alkanes of at least 4 members (excludes halogenated alkanes) is 31. The van der Waals surface area contributed by atoms with E-state index in [2.05, 4.69) is 172 Å².